The van der Waals surface area contributed by atoms with Gasteiger partial charge in [-0.15, -0.1) is 0 Å². The van der Waals surface area contributed by atoms with Crippen LogP contribution in [0.3, 0.4) is 0 Å². The van der Waals surface area contributed by atoms with Crippen molar-refractivity contribution in [3.05, 3.63) is 54.7 Å². The number of para-hydroxylation sites is 2. The molecule has 0 saturated heterocycles. The van der Waals surface area contributed by atoms with Crippen LogP contribution in [0.25, 0.3) is 28.1 Å². The summed E-state index contributed by atoms with van der Waals surface area (Å²) in [5.74, 6) is 1.30. The fourth-order valence-electron chi connectivity index (χ4n) is 2.98. The van der Waals surface area contributed by atoms with E-state index >= 15 is 0 Å². The Labute approximate surface area is 150 Å². The van der Waals surface area contributed by atoms with Crippen LogP contribution in [0.4, 0.5) is 10.1 Å². The molecule has 2 aromatic heterocycles. The zero-order valence-corrected chi connectivity index (χ0v) is 14.7. The van der Waals surface area contributed by atoms with Crippen LogP contribution in [0.1, 0.15) is 0 Å². The average Bonchev–Trinajstić information content (AvgIpc) is 3.03. The first-order valence-corrected chi connectivity index (χ1v) is 8.42. The van der Waals surface area contributed by atoms with E-state index in [0.717, 1.165) is 28.0 Å². The van der Waals surface area contributed by atoms with Crippen molar-refractivity contribution in [2.75, 3.05) is 32.3 Å². The number of aromatic nitrogens is 3. The molecule has 0 saturated carbocycles. The van der Waals surface area contributed by atoms with Crippen LogP contribution in [0.5, 0.6) is 5.75 Å². The maximum absolute atomic E-state index is 12.3. The number of nitrogens with zero attached hydrogens (tertiary/aromatic N) is 4. The van der Waals surface area contributed by atoms with Gasteiger partial charge < -0.3 is 9.64 Å². The van der Waals surface area contributed by atoms with E-state index in [-0.39, 0.29) is 6.61 Å². The second-order valence-corrected chi connectivity index (χ2v) is 6.20. The van der Waals surface area contributed by atoms with Crippen molar-refractivity contribution in [2.45, 2.75) is 0 Å². The SMILES string of the molecule is CN(C)c1cn2c(nc1-c1ccc(OCCF)cc1)nc1ccccc12. The zero-order valence-electron chi connectivity index (χ0n) is 14.7. The van der Waals surface area contributed by atoms with Crippen molar-refractivity contribution in [1.82, 2.24) is 14.4 Å². The number of ether oxygens (including phenoxy) is 1. The number of halogens is 1. The summed E-state index contributed by atoms with van der Waals surface area (Å²) in [6.45, 7) is -0.439. The lowest BCUT2D eigenvalue weighted by Crippen LogP contribution is -2.12. The van der Waals surface area contributed by atoms with Gasteiger partial charge in [-0.1, -0.05) is 12.1 Å². The van der Waals surface area contributed by atoms with E-state index in [2.05, 4.69) is 11.2 Å². The Morgan fingerprint density at radius 2 is 1.81 bits per heavy atom. The third-order valence-corrected chi connectivity index (χ3v) is 4.24. The zero-order chi connectivity index (χ0) is 18.1. The Balaban J connectivity index is 1.85. The standard InChI is InChI=1S/C20H19FN4O/c1-24(2)18-13-25-17-6-4-3-5-16(17)22-20(25)23-19(18)14-7-9-15(10-8-14)26-12-11-21/h3-10,13H,11-12H2,1-2H3. The minimum Gasteiger partial charge on any atom is -0.491 e. The molecule has 0 aliphatic carbocycles. The first kappa shape index (κ1) is 16.3. The van der Waals surface area contributed by atoms with Gasteiger partial charge in [0.15, 0.2) is 0 Å². The van der Waals surface area contributed by atoms with Gasteiger partial charge in [-0.25, -0.2) is 14.4 Å². The molecule has 0 amide bonds. The maximum Gasteiger partial charge on any atom is 0.235 e. The molecule has 26 heavy (non-hydrogen) atoms. The molecule has 6 heteroatoms. The highest BCUT2D eigenvalue weighted by atomic mass is 19.1. The summed E-state index contributed by atoms with van der Waals surface area (Å²) in [4.78, 5) is 11.5. The van der Waals surface area contributed by atoms with Gasteiger partial charge in [0, 0.05) is 25.9 Å². The molecular weight excluding hydrogens is 331 g/mol. The number of imidazole rings is 1. The van der Waals surface area contributed by atoms with E-state index in [4.69, 9.17) is 9.72 Å². The largest absolute Gasteiger partial charge is 0.491 e. The van der Waals surface area contributed by atoms with E-state index in [1.807, 2.05) is 71.9 Å². The summed E-state index contributed by atoms with van der Waals surface area (Å²) in [5.41, 5.74) is 4.72. The number of benzene rings is 2. The van der Waals surface area contributed by atoms with Crippen molar-refractivity contribution in [1.29, 1.82) is 0 Å². The van der Waals surface area contributed by atoms with Gasteiger partial charge in [0.2, 0.25) is 5.78 Å². The lowest BCUT2D eigenvalue weighted by Gasteiger charge is -2.17. The smallest absolute Gasteiger partial charge is 0.235 e. The van der Waals surface area contributed by atoms with Crippen molar-refractivity contribution in [3.8, 4) is 17.0 Å². The van der Waals surface area contributed by atoms with Gasteiger partial charge in [0.1, 0.15) is 19.0 Å². The van der Waals surface area contributed by atoms with E-state index in [9.17, 15) is 4.39 Å². The van der Waals surface area contributed by atoms with Gasteiger partial charge in [0.25, 0.3) is 0 Å². The van der Waals surface area contributed by atoms with Gasteiger partial charge in [-0.05, 0) is 36.4 Å². The topological polar surface area (TPSA) is 42.7 Å². The fraction of sp³-hybridized carbons (Fsp3) is 0.200. The Kier molecular flexibility index (Phi) is 4.16. The number of anilines is 1. The molecular formula is C20H19FN4O. The molecule has 0 aliphatic heterocycles. The van der Waals surface area contributed by atoms with E-state index < -0.39 is 6.67 Å². The molecule has 0 fully saturated rings. The van der Waals surface area contributed by atoms with Gasteiger partial charge in [-0.3, -0.25) is 4.40 Å². The summed E-state index contributed by atoms with van der Waals surface area (Å²) >= 11 is 0. The predicted molar refractivity (Wildman–Crippen MR) is 102 cm³/mol. The Hall–Kier alpha value is -3.15. The van der Waals surface area contributed by atoms with Crippen LogP contribution < -0.4 is 9.64 Å². The van der Waals surface area contributed by atoms with Crippen LogP contribution >= 0.6 is 0 Å². The highest BCUT2D eigenvalue weighted by molar-refractivity contribution is 5.83. The second-order valence-electron chi connectivity index (χ2n) is 6.20. The molecule has 0 atom stereocenters. The minimum absolute atomic E-state index is 0.0627. The van der Waals surface area contributed by atoms with Crippen LogP contribution in [0, 0.1) is 0 Å². The molecule has 0 spiro atoms. The van der Waals surface area contributed by atoms with Crippen molar-refractivity contribution >= 4 is 22.5 Å². The van der Waals surface area contributed by atoms with E-state index in [1.165, 1.54) is 0 Å². The van der Waals surface area contributed by atoms with E-state index in [1.54, 1.807) is 0 Å². The molecule has 0 aliphatic rings. The first-order valence-electron chi connectivity index (χ1n) is 8.42. The Morgan fingerprint density at radius 1 is 1.04 bits per heavy atom. The summed E-state index contributed by atoms with van der Waals surface area (Å²) in [6.07, 6.45) is 2.06. The molecule has 0 N–H and O–H groups in total. The van der Waals surface area contributed by atoms with Crippen LogP contribution in [-0.2, 0) is 0 Å². The Morgan fingerprint density at radius 3 is 2.54 bits per heavy atom. The number of fused-ring (bicyclic) bond motifs is 3. The molecule has 0 unspecified atom stereocenters. The molecule has 2 aromatic carbocycles. The molecule has 132 valence electrons. The minimum atomic E-state index is -0.502. The number of hydrogen-bond acceptors (Lipinski definition) is 4. The van der Waals surface area contributed by atoms with Crippen LogP contribution in [-0.4, -0.2) is 41.7 Å². The van der Waals surface area contributed by atoms with Crippen LogP contribution in [0.15, 0.2) is 54.7 Å². The van der Waals surface area contributed by atoms with Crippen molar-refractivity contribution < 1.29 is 9.13 Å². The Bertz CT molecular complexity index is 1060. The molecule has 4 rings (SSSR count). The lowest BCUT2D eigenvalue weighted by atomic mass is 10.1. The monoisotopic (exact) mass is 350 g/mol. The number of rotatable bonds is 5. The average molecular weight is 350 g/mol. The first-order chi connectivity index (χ1) is 12.7. The summed E-state index contributed by atoms with van der Waals surface area (Å²) in [5, 5.41) is 0. The molecule has 0 radical (unpaired) electrons. The highest BCUT2D eigenvalue weighted by Gasteiger charge is 2.14. The quantitative estimate of drug-likeness (QED) is 0.546. The van der Waals surface area contributed by atoms with Gasteiger partial charge in [-0.2, -0.15) is 0 Å². The fourth-order valence-corrected chi connectivity index (χ4v) is 2.98. The van der Waals surface area contributed by atoms with E-state index in [0.29, 0.717) is 11.5 Å². The predicted octanol–water partition coefficient (Wildman–Crippen LogP) is 3.96. The normalized spacial score (nSPS) is 11.2. The number of hydrogen-bond donors (Lipinski definition) is 0. The highest BCUT2D eigenvalue weighted by Crippen LogP contribution is 2.31. The molecule has 2 heterocycles. The summed E-state index contributed by atoms with van der Waals surface area (Å²) in [7, 11) is 3.98. The maximum atomic E-state index is 12.3. The van der Waals surface area contributed by atoms with Crippen molar-refractivity contribution in [2.24, 2.45) is 0 Å². The van der Waals surface area contributed by atoms with Crippen molar-refractivity contribution in [3.63, 3.8) is 0 Å². The second kappa shape index (κ2) is 6.63. The summed E-state index contributed by atoms with van der Waals surface area (Å²) in [6, 6.07) is 15.5. The molecule has 5 nitrogen and oxygen atoms in total. The third-order valence-electron chi connectivity index (χ3n) is 4.24. The summed E-state index contributed by atoms with van der Waals surface area (Å²) < 4.78 is 19.6. The lowest BCUT2D eigenvalue weighted by molar-refractivity contribution is 0.273. The molecule has 0 bridgehead atoms. The van der Waals surface area contributed by atoms with Crippen LogP contribution in [0.2, 0.25) is 0 Å². The van der Waals surface area contributed by atoms with Gasteiger partial charge >= 0.3 is 0 Å². The molecule has 4 aromatic rings. The number of alkyl halides is 1. The third kappa shape index (κ3) is 2.83. The van der Waals surface area contributed by atoms with Gasteiger partial charge in [0.05, 0.1) is 22.4 Å².